The number of hydrogen-bond donors (Lipinski definition) is 1. The molecule has 12 heavy (non-hydrogen) atoms. The molecule has 0 aromatic heterocycles. The molecule has 1 saturated heterocycles. The lowest BCUT2D eigenvalue weighted by Crippen LogP contribution is -2.43. The summed E-state index contributed by atoms with van der Waals surface area (Å²) in [6.07, 6.45) is 7.60. The van der Waals surface area contributed by atoms with E-state index < -0.39 is 0 Å². The molecule has 2 nitrogen and oxygen atoms in total. The Labute approximate surface area is 74.7 Å². The van der Waals surface area contributed by atoms with Crippen LogP contribution in [0.2, 0.25) is 0 Å². The lowest BCUT2D eigenvalue weighted by atomic mass is 9.85. The maximum Gasteiger partial charge on any atom is 0.0728 e. The lowest BCUT2D eigenvalue weighted by molar-refractivity contribution is -0.0190. The van der Waals surface area contributed by atoms with Gasteiger partial charge in [-0.3, -0.25) is 0 Å². The first-order valence-electron chi connectivity index (χ1n) is 5.29. The topological polar surface area (TPSA) is 21.3 Å². The molecule has 2 heteroatoms. The van der Waals surface area contributed by atoms with Gasteiger partial charge in [0.25, 0.3) is 0 Å². The zero-order chi connectivity index (χ0) is 8.23. The summed E-state index contributed by atoms with van der Waals surface area (Å²) in [6.45, 7) is 3.05. The fourth-order valence-corrected chi connectivity index (χ4v) is 2.39. The van der Waals surface area contributed by atoms with Crippen molar-refractivity contribution in [3.8, 4) is 0 Å². The SMILES string of the molecule is C1CCC(C2CNCCO2)CC1. The maximum absolute atomic E-state index is 5.75. The quantitative estimate of drug-likeness (QED) is 0.643. The number of rotatable bonds is 1. The van der Waals surface area contributed by atoms with Gasteiger partial charge in [-0.15, -0.1) is 0 Å². The summed E-state index contributed by atoms with van der Waals surface area (Å²) in [7, 11) is 0. The molecular formula is C10H19NO. The Balaban J connectivity index is 1.80. The Morgan fingerprint density at radius 3 is 2.58 bits per heavy atom. The van der Waals surface area contributed by atoms with Crippen molar-refractivity contribution in [1.82, 2.24) is 5.32 Å². The molecule has 70 valence electrons. The van der Waals surface area contributed by atoms with Crippen LogP contribution in [0.4, 0.5) is 0 Å². The summed E-state index contributed by atoms with van der Waals surface area (Å²) in [6, 6.07) is 0. The molecule has 0 bridgehead atoms. The fraction of sp³-hybridized carbons (Fsp3) is 1.00. The van der Waals surface area contributed by atoms with Crippen LogP contribution in [0.15, 0.2) is 0 Å². The molecular weight excluding hydrogens is 150 g/mol. The van der Waals surface area contributed by atoms with Gasteiger partial charge in [-0.2, -0.15) is 0 Å². The van der Waals surface area contributed by atoms with Crippen molar-refractivity contribution in [1.29, 1.82) is 0 Å². The van der Waals surface area contributed by atoms with Crippen molar-refractivity contribution >= 4 is 0 Å². The standard InChI is InChI=1S/C10H19NO/c1-2-4-9(5-3-1)10-8-11-6-7-12-10/h9-11H,1-8H2. The summed E-state index contributed by atoms with van der Waals surface area (Å²) in [4.78, 5) is 0. The Kier molecular flexibility index (Phi) is 3.01. The van der Waals surface area contributed by atoms with Crippen LogP contribution in [-0.2, 0) is 4.74 Å². The van der Waals surface area contributed by atoms with Gasteiger partial charge in [0, 0.05) is 13.1 Å². The molecule has 0 aromatic carbocycles. The van der Waals surface area contributed by atoms with Crippen LogP contribution in [0.1, 0.15) is 32.1 Å². The van der Waals surface area contributed by atoms with Gasteiger partial charge in [-0.05, 0) is 18.8 Å². The van der Waals surface area contributed by atoms with E-state index >= 15 is 0 Å². The lowest BCUT2D eigenvalue weighted by Gasteiger charge is -2.33. The first-order valence-corrected chi connectivity index (χ1v) is 5.29. The van der Waals surface area contributed by atoms with Gasteiger partial charge in [0.1, 0.15) is 0 Å². The molecule has 0 amide bonds. The van der Waals surface area contributed by atoms with Crippen LogP contribution in [-0.4, -0.2) is 25.8 Å². The van der Waals surface area contributed by atoms with E-state index in [4.69, 9.17) is 4.74 Å². The molecule has 0 spiro atoms. The van der Waals surface area contributed by atoms with Crippen molar-refractivity contribution in [2.24, 2.45) is 5.92 Å². The van der Waals surface area contributed by atoms with E-state index in [0.29, 0.717) is 6.10 Å². The first kappa shape index (κ1) is 8.52. The normalized spacial score (nSPS) is 33.5. The van der Waals surface area contributed by atoms with E-state index in [-0.39, 0.29) is 0 Å². The summed E-state index contributed by atoms with van der Waals surface area (Å²) in [5, 5.41) is 3.41. The second-order valence-electron chi connectivity index (χ2n) is 4.01. The van der Waals surface area contributed by atoms with E-state index in [1.807, 2.05) is 0 Å². The minimum atomic E-state index is 0.527. The molecule has 2 aliphatic rings. The fourth-order valence-electron chi connectivity index (χ4n) is 2.39. The van der Waals surface area contributed by atoms with Crippen molar-refractivity contribution in [3.05, 3.63) is 0 Å². The monoisotopic (exact) mass is 169 g/mol. The molecule has 1 heterocycles. The van der Waals surface area contributed by atoms with Crippen LogP contribution >= 0.6 is 0 Å². The van der Waals surface area contributed by atoms with E-state index in [9.17, 15) is 0 Å². The number of morpholine rings is 1. The van der Waals surface area contributed by atoms with Crippen LogP contribution in [0.25, 0.3) is 0 Å². The first-order chi connectivity index (χ1) is 5.97. The zero-order valence-corrected chi connectivity index (χ0v) is 7.72. The van der Waals surface area contributed by atoms with E-state index in [1.165, 1.54) is 32.1 Å². The number of nitrogens with one attached hydrogen (secondary N) is 1. The predicted molar refractivity (Wildman–Crippen MR) is 49.2 cm³/mol. The minimum Gasteiger partial charge on any atom is -0.375 e. The van der Waals surface area contributed by atoms with E-state index in [2.05, 4.69) is 5.32 Å². The molecule has 1 saturated carbocycles. The van der Waals surface area contributed by atoms with Crippen molar-refractivity contribution in [3.63, 3.8) is 0 Å². The van der Waals surface area contributed by atoms with Crippen LogP contribution < -0.4 is 5.32 Å². The largest absolute Gasteiger partial charge is 0.375 e. The number of hydrogen-bond acceptors (Lipinski definition) is 2. The Morgan fingerprint density at radius 1 is 1.08 bits per heavy atom. The molecule has 2 fully saturated rings. The smallest absolute Gasteiger partial charge is 0.0728 e. The van der Waals surface area contributed by atoms with Gasteiger partial charge in [-0.25, -0.2) is 0 Å². The molecule has 0 aromatic rings. The van der Waals surface area contributed by atoms with Crippen molar-refractivity contribution in [2.75, 3.05) is 19.7 Å². The van der Waals surface area contributed by atoms with E-state index in [0.717, 1.165) is 25.6 Å². The van der Waals surface area contributed by atoms with Crippen LogP contribution in [0, 0.1) is 5.92 Å². The second-order valence-corrected chi connectivity index (χ2v) is 4.01. The van der Waals surface area contributed by atoms with Gasteiger partial charge >= 0.3 is 0 Å². The van der Waals surface area contributed by atoms with Gasteiger partial charge < -0.3 is 10.1 Å². The van der Waals surface area contributed by atoms with Gasteiger partial charge in [-0.1, -0.05) is 19.3 Å². The highest BCUT2D eigenvalue weighted by Gasteiger charge is 2.25. The molecule has 1 aliphatic heterocycles. The maximum atomic E-state index is 5.75. The molecule has 1 unspecified atom stereocenters. The van der Waals surface area contributed by atoms with Gasteiger partial charge in [0.2, 0.25) is 0 Å². The van der Waals surface area contributed by atoms with Gasteiger partial charge in [0.05, 0.1) is 12.7 Å². The number of ether oxygens (including phenoxy) is 1. The summed E-state index contributed by atoms with van der Waals surface area (Å²) in [5.74, 6) is 0.853. The predicted octanol–water partition coefficient (Wildman–Crippen LogP) is 1.56. The second kappa shape index (κ2) is 4.24. The molecule has 1 N–H and O–H groups in total. The van der Waals surface area contributed by atoms with Gasteiger partial charge in [0.15, 0.2) is 0 Å². The van der Waals surface area contributed by atoms with Crippen molar-refractivity contribution in [2.45, 2.75) is 38.2 Å². The average Bonchev–Trinajstić information content (AvgIpc) is 2.21. The van der Waals surface area contributed by atoms with Crippen LogP contribution in [0.5, 0.6) is 0 Å². The van der Waals surface area contributed by atoms with E-state index in [1.54, 1.807) is 0 Å². The summed E-state index contributed by atoms with van der Waals surface area (Å²) in [5.41, 5.74) is 0. The third-order valence-corrected chi connectivity index (χ3v) is 3.13. The average molecular weight is 169 g/mol. The summed E-state index contributed by atoms with van der Waals surface area (Å²) < 4.78 is 5.75. The Hall–Kier alpha value is -0.0800. The zero-order valence-electron chi connectivity index (χ0n) is 7.72. The Morgan fingerprint density at radius 2 is 1.92 bits per heavy atom. The Bertz CT molecular complexity index is 110. The van der Waals surface area contributed by atoms with Crippen molar-refractivity contribution < 1.29 is 4.74 Å². The minimum absolute atomic E-state index is 0.527. The molecule has 0 radical (unpaired) electrons. The third kappa shape index (κ3) is 1.99. The molecule has 2 rings (SSSR count). The molecule has 1 atom stereocenters. The molecule has 1 aliphatic carbocycles. The highest BCUT2D eigenvalue weighted by molar-refractivity contribution is 4.78. The third-order valence-electron chi connectivity index (χ3n) is 3.13. The highest BCUT2D eigenvalue weighted by atomic mass is 16.5. The van der Waals surface area contributed by atoms with Crippen LogP contribution in [0.3, 0.4) is 0 Å². The summed E-state index contributed by atoms with van der Waals surface area (Å²) >= 11 is 0. The highest BCUT2D eigenvalue weighted by Crippen LogP contribution is 2.28.